The number of carboxylic acids is 1. The van der Waals surface area contributed by atoms with Gasteiger partial charge in [0.2, 0.25) is 5.91 Å². The van der Waals surface area contributed by atoms with Crippen LogP contribution < -0.4 is 11.1 Å². The van der Waals surface area contributed by atoms with Crippen molar-refractivity contribution in [3.63, 3.8) is 0 Å². The predicted octanol–water partition coefficient (Wildman–Crippen LogP) is 13.2. The molecule has 0 aliphatic rings. The van der Waals surface area contributed by atoms with E-state index in [9.17, 15) is 19.5 Å². The number of amides is 1. The number of carbonyl (C=O) groups excluding carboxylic acids is 2. The minimum absolute atomic E-state index is 0.152. The lowest BCUT2D eigenvalue weighted by atomic mass is 10.1. The molecule has 0 rings (SSSR count). The van der Waals surface area contributed by atoms with E-state index in [-0.39, 0.29) is 24.4 Å². The summed E-state index contributed by atoms with van der Waals surface area (Å²) in [7, 11) is 0. The van der Waals surface area contributed by atoms with Gasteiger partial charge in [-0.2, -0.15) is 0 Å². The second-order valence-corrected chi connectivity index (χ2v) is 14.7. The average Bonchev–Trinajstić information content (AvgIpc) is 3.21. The number of hydrogen-bond acceptors (Lipinski definition) is 5. The molecule has 0 aliphatic heterocycles. The van der Waals surface area contributed by atoms with E-state index in [1.807, 2.05) is 6.08 Å². The molecule has 7 heteroatoms. The summed E-state index contributed by atoms with van der Waals surface area (Å²) >= 11 is 0. The highest BCUT2D eigenvalue weighted by Crippen LogP contribution is 2.15. The Morgan fingerprint density at radius 2 is 0.948 bits per heavy atom. The lowest BCUT2D eigenvalue weighted by molar-refractivity contribution is -0.147. The molecule has 0 heterocycles. The van der Waals surface area contributed by atoms with Crippen molar-refractivity contribution in [1.29, 1.82) is 0 Å². The van der Waals surface area contributed by atoms with E-state index in [0.717, 1.165) is 96.3 Å². The Labute approximate surface area is 354 Å². The molecule has 0 aliphatic carbocycles. The Hall–Kier alpha value is -3.97. The fourth-order valence-corrected chi connectivity index (χ4v) is 5.97. The molecule has 58 heavy (non-hydrogen) atoms. The van der Waals surface area contributed by atoms with Crippen molar-refractivity contribution < 1.29 is 24.2 Å². The minimum Gasteiger partial charge on any atom is -0.480 e. The van der Waals surface area contributed by atoms with Crippen LogP contribution in [0.25, 0.3) is 0 Å². The molecule has 2 unspecified atom stereocenters. The van der Waals surface area contributed by atoms with Crippen LogP contribution in [0.5, 0.6) is 0 Å². The van der Waals surface area contributed by atoms with Gasteiger partial charge in [-0.15, -0.1) is 0 Å². The molecule has 0 fully saturated rings. The Kier molecular flexibility index (Phi) is 41.1. The van der Waals surface area contributed by atoms with Gasteiger partial charge in [0.05, 0.1) is 0 Å². The number of carboxylic acid groups (broad SMARTS) is 1. The summed E-state index contributed by atoms with van der Waals surface area (Å²) in [4.78, 5) is 36.5. The van der Waals surface area contributed by atoms with Crippen LogP contribution in [0.1, 0.15) is 174 Å². The smallest absolute Gasteiger partial charge is 0.326 e. The van der Waals surface area contributed by atoms with Crippen molar-refractivity contribution in [1.82, 2.24) is 5.32 Å². The highest BCUT2D eigenvalue weighted by atomic mass is 16.5. The number of hydrogen-bond donors (Lipinski definition) is 3. The summed E-state index contributed by atoms with van der Waals surface area (Å²) in [5.74, 6) is -1.44. The molecule has 1 amide bonds. The Balaban J connectivity index is 4.37. The predicted molar refractivity (Wildman–Crippen MR) is 248 cm³/mol. The fourth-order valence-electron chi connectivity index (χ4n) is 5.97. The van der Waals surface area contributed by atoms with Crippen molar-refractivity contribution in [2.75, 3.05) is 6.54 Å². The molecule has 0 saturated heterocycles. The molecule has 0 aromatic heterocycles. The van der Waals surface area contributed by atoms with Gasteiger partial charge in [0, 0.05) is 12.8 Å². The molecule has 2 atom stereocenters. The molecule has 7 nitrogen and oxygen atoms in total. The normalized spacial score (nSPS) is 13.7. The SMILES string of the molecule is CC/C=C\C/C=C\C/C=C\C/C=C\C/C=C\CCCCCCCCCC(=O)OC(/C=C\C/C=C\C/C=C\C/C=C\CC)CCCCCC(=O)NC(CCCN)C(=O)O. The van der Waals surface area contributed by atoms with Crippen molar-refractivity contribution in [2.24, 2.45) is 5.73 Å². The Morgan fingerprint density at radius 1 is 0.517 bits per heavy atom. The van der Waals surface area contributed by atoms with Gasteiger partial charge in [-0.1, -0.05) is 156 Å². The van der Waals surface area contributed by atoms with Gasteiger partial charge >= 0.3 is 11.9 Å². The molecule has 0 saturated carbocycles. The molecular weight excluding hydrogens is 721 g/mol. The monoisotopic (exact) mass is 803 g/mol. The van der Waals surface area contributed by atoms with E-state index in [1.165, 1.54) is 25.7 Å². The quantitative estimate of drug-likeness (QED) is 0.0323. The standard InChI is InChI=1S/C51H82N2O5/c1-3-5-7-9-11-13-15-16-17-18-19-20-21-22-23-24-25-26-28-30-32-34-39-45-50(55)58-47(41-36-33-31-29-27-14-12-10-8-6-4-2)42-37-35-38-44-49(54)53-48(51(56)57)43-40-46-52/h5-8,11-14,16-17,19-20,22-23,29,31,36,41,47-48H,3-4,9-10,15,18,21,24-28,30,32-35,37-40,42-46,52H2,1-2H3,(H,53,54)(H,56,57)/b7-5-,8-6-,13-11-,14-12-,17-16-,20-19-,23-22-,31-29-,41-36-. The highest BCUT2D eigenvalue weighted by molar-refractivity contribution is 5.83. The number of nitrogens with one attached hydrogen (secondary N) is 1. The van der Waals surface area contributed by atoms with E-state index in [4.69, 9.17) is 10.5 Å². The zero-order valence-electron chi connectivity index (χ0n) is 36.6. The first kappa shape index (κ1) is 54.0. The van der Waals surface area contributed by atoms with Crippen LogP contribution in [0.3, 0.4) is 0 Å². The van der Waals surface area contributed by atoms with Crippen LogP contribution in [-0.2, 0) is 19.1 Å². The van der Waals surface area contributed by atoms with Crippen LogP contribution in [0.15, 0.2) is 109 Å². The molecule has 4 N–H and O–H groups in total. The maximum Gasteiger partial charge on any atom is 0.326 e. The van der Waals surface area contributed by atoms with Gasteiger partial charge in [-0.25, -0.2) is 4.79 Å². The largest absolute Gasteiger partial charge is 0.480 e. The van der Waals surface area contributed by atoms with Crippen LogP contribution >= 0.6 is 0 Å². The highest BCUT2D eigenvalue weighted by Gasteiger charge is 2.19. The number of allylic oxidation sites excluding steroid dienone is 17. The van der Waals surface area contributed by atoms with Crippen molar-refractivity contribution in [3.8, 4) is 0 Å². The van der Waals surface area contributed by atoms with Crippen molar-refractivity contribution >= 4 is 17.8 Å². The summed E-state index contributed by atoms with van der Waals surface area (Å²) in [6, 6.07) is -0.899. The molecule has 326 valence electrons. The number of nitrogens with two attached hydrogens (primary N) is 1. The van der Waals surface area contributed by atoms with Crippen LogP contribution in [-0.4, -0.2) is 41.6 Å². The van der Waals surface area contributed by atoms with E-state index < -0.39 is 12.0 Å². The maximum atomic E-state index is 12.8. The zero-order valence-corrected chi connectivity index (χ0v) is 36.6. The van der Waals surface area contributed by atoms with Crippen LogP contribution in [0.4, 0.5) is 0 Å². The number of ether oxygens (including phenoxy) is 1. The maximum absolute atomic E-state index is 12.8. The van der Waals surface area contributed by atoms with Gasteiger partial charge in [0.25, 0.3) is 0 Å². The Morgan fingerprint density at radius 3 is 1.45 bits per heavy atom. The summed E-state index contributed by atoms with van der Waals surface area (Å²) in [6.45, 7) is 4.68. The van der Waals surface area contributed by atoms with Crippen molar-refractivity contribution in [2.45, 2.75) is 187 Å². The third-order valence-corrected chi connectivity index (χ3v) is 9.32. The van der Waals surface area contributed by atoms with Gasteiger partial charge < -0.3 is 20.9 Å². The lowest BCUT2D eigenvalue weighted by Gasteiger charge is -2.15. The number of esters is 1. The zero-order chi connectivity index (χ0) is 42.4. The summed E-state index contributed by atoms with van der Waals surface area (Å²) < 4.78 is 5.90. The van der Waals surface area contributed by atoms with E-state index in [0.29, 0.717) is 38.6 Å². The summed E-state index contributed by atoms with van der Waals surface area (Å²) in [5.41, 5.74) is 5.49. The molecule has 0 aromatic rings. The van der Waals surface area contributed by atoms with E-state index in [2.05, 4.69) is 122 Å². The Bertz CT molecular complexity index is 1270. The van der Waals surface area contributed by atoms with Crippen LogP contribution in [0.2, 0.25) is 0 Å². The number of rotatable bonds is 39. The molecular formula is C51H82N2O5. The fraction of sp³-hybridized carbons (Fsp3) is 0.588. The lowest BCUT2D eigenvalue weighted by Crippen LogP contribution is -2.40. The van der Waals surface area contributed by atoms with Gasteiger partial charge in [0.15, 0.2) is 0 Å². The van der Waals surface area contributed by atoms with Gasteiger partial charge in [-0.05, 0) is 122 Å². The van der Waals surface area contributed by atoms with Gasteiger partial charge in [-0.3, -0.25) is 9.59 Å². The van der Waals surface area contributed by atoms with E-state index >= 15 is 0 Å². The first-order valence-electron chi connectivity index (χ1n) is 22.7. The number of aliphatic carboxylic acids is 1. The minimum atomic E-state index is -1.03. The van der Waals surface area contributed by atoms with Crippen molar-refractivity contribution in [3.05, 3.63) is 109 Å². The third-order valence-electron chi connectivity index (χ3n) is 9.32. The summed E-state index contributed by atoms with van der Waals surface area (Å²) in [5, 5.41) is 12.0. The molecule has 0 spiro atoms. The third kappa shape index (κ3) is 40.2. The second-order valence-electron chi connectivity index (χ2n) is 14.7. The van der Waals surface area contributed by atoms with Crippen LogP contribution in [0, 0.1) is 0 Å². The number of unbranched alkanes of at least 4 members (excludes halogenated alkanes) is 9. The summed E-state index contributed by atoms with van der Waals surface area (Å²) in [6.07, 6.45) is 61.5. The number of carbonyl (C=O) groups is 3. The van der Waals surface area contributed by atoms with Gasteiger partial charge in [0.1, 0.15) is 12.1 Å². The molecule has 0 aromatic carbocycles. The van der Waals surface area contributed by atoms with E-state index in [1.54, 1.807) is 0 Å². The first-order chi connectivity index (χ1) is 28.4. The first-order valence-corrected chi connectivity index (χ1v) is 22.7. The average molecular weight is 803 g/mol. The molecule has 0 radical (unpaired) electrons. The molecule has 0 bridgehead atoms. The second kappa shape index (κ2) is 44.1. The topological polar surface area (TPSA) is 119 Å².